The number of ketones is 1. The Morgan fingerprint density at radius 3 is 1.71 bits per heavy atom. The maximum atomic E-state index is 12.9. The van der Waals surface area contributed by atoms with Crippen molar-refractivity contribution >= 4 is 11.7 Å². The standard InChI is InChI=1S/C23H41NO2.C2H6.H2/c1-4-6-8-10-11-13-15-20(14-12-9-7-5-2)21(26)24-23-16-22(17-23,18-23)19(3)25;1-2;/h20H,4-18H2,1-3H3,(H,24,26);1-2H3;1H. The van der Waals surface area contributed by atoms with Crippen molar-refractivity contribution < 1.29 is 11.0 Å². The number of carbonyl (C=O) groups excluding carboxylic acids is 2. The second-order valence-electron chi connectivity index (χ2n) is 9.24. The van der Waals surface area contributed by atoms with Crippen molar-refractivity contribution in [3.63, 3.8) is 0 Å². The zero-order valence-corrected chi connectivity index (χ0v) is 19.5. The van der Waals surface area contributed by atoms with E-state index in [4.69, 9.17) is 0 Å². The number of rotatable bonds is 15. The lowest BCUT2D eigenvalue weighted by Crippen LogP contribution is -2.77. The molecule has 0 aliphatic heterocycles. The Balaban J connectivity index is 0.00000253. The van der Waals surface area contributed by atoms with E-state index in [0.29, 0.717) is 5.78 Å². The number of nitrogens with one attached hydrogen (secondary N) is 1. The summed E-state index contributed by atoms with van der Waals surface area (Å²) >= 11 is 0. The summed E-state index contributed by atoms with van der Waals surface area (Å²) in [6, 6.07) is 0. The first kappa shape index (κ1) is 25.2. The van der Waals surface area contributed by atoms with Crippen LogP contribution in [0.4, 0.5) is 0 Å². The van der Waals surface area contributed by atoms with Gasteiger partial charge in [0.1, 0.15) is 5.78 Å². The van der Waals surface area contributed by atoms with Gasteiger partial charge in [0.2, 0.25) is 5.91 Å². The highest BCUT2D eigenvalue weighted by atomic mass is 16.2. The molecule has 3 rings (SSSR count). The Kier molecular flexibility index (Phi) is 11.4. The molecule has 1 atom stereocenters. The molecular formula is C25H49NO2. The predicted molar refractivity (Wildman–Crippen MR) is 122 cm³/mol. The number of amides is 1. The van der Waals surface area contributed by atoms with Crippen molar-refractivity contribution in [3.8, 4) is 0 Å². The van der Waals surface area contributed by atoms with Crippen LogP contribution < -0.4 is 5.32 Å². The molecule has 3 heteroatoms. The minimum Gasteiger partial charge on any atom is -0.350 e. The molecule has 1 unspecified atom stereocenters. The number of Topliss-reactive ketones (excluding diaryl/α,β-unsaturated/α-hetero) is 1. The molecule has 0 radical (unpaired) electrons. The highest BCUT2D eigenvalue weighted by Gasteiger charge is 2.70. The molecule has 3 nitrogen and oxygen atoms in total. The van der Waals surface area contributed by atoms with Gasteiger partial charge in [-0.2, -0.15) is 0 Å². The Bertz CT molecular complexity index is 458. The van der Waals surface area contributed by atoms with Crippen LogP contribution in [0.15, 0.2) is 0 Å². The minimum atomic E-state index is -0.0663. The van der Waals surface area contributed by atoms with Gasteiger partial charge in [0.05, 0.1) is 0 Å². The van der Waals surface area contributed by atoms with Crippen LogP contribution >= 0.6 is 0 Å². The van der Waals surface area contributed by atoms with Crippen molar-refractivity contribution in [2.45, 2.75) is 136 Å². The van der Waals surface area contributed by atoms with Crippen LogP contribution in [-0.2, 0) is 9.59 Å². The first-order valence-electron chi connectivity index (χ1n) is 12.3. The fraction of sp³-hybridized carbons (Fsp3) is 0.920. The second-order valence-corrected chi connectivity index (χ2v) is 9.24. The summed E-state index contributed by atoms with van der Waals surface area (Å²) < 4.78 is 0. The average Bonchev–Trinajstić information content (AvgIpc) is 2.62. The summed E-state index contributed by atoms with van der Waals surface area (Å²) in [4.78, 5) is 24.6. The molecule has 0 saturated heterocycles. The van der Waals surface area contributed by atoms with Crippen LogP contribution in [-0.4, -0.2) is 17.2 Å². The van der Waals surface area contributed by atoms with Crippen LogP contribution in [0, 0.1) is 11.3 Å². The van der Waals surface area contributed by atoms with Crippen molar-refractivity contribution in [3.05, 3.63) is 0 Å². The third kappa shape index (κ3) is 6.88. The Morgan fingerprint density at radius 1 is 0.821 bits per heavy atom. The third-order valence-electron chi connectivity index (χ3n) is 6.85. The highest BCUT2D eigenvalue weighted by molar-refractivity contribution is 5.88. The predicted octanol–water partition coefficient (Wildman–Crippen LogP) is 7.22. The average molecular weight is 396 g/mol. The number of hydrogen-bond donors (Lipinski definition) is 1. The van der Waals surface area contributed by atoms with Crippen LogP contribution in [0.3, 0.4) is 0 Å². The molecule has 0 aromatic carbocycles. The van der Waals surface area contributed by atoms with Crippen molar-refractivity contribution in [1.29, 1.82) is 0 Å². The Labute approximate surface area is 176 Å². The molecule has 0 aromatic rings. The van der Waals surface area contributed by atoms with Crippen molar-refractivity contribution in [2.75, 3.05) is 0 Å². The van der Waals surface area contributed by atoms with E-state index < -0.39 is 0 Å². The molecule has 0 heterocycles. The zero-order chi connectivity index (χ0) is 21.0. The van der Waals surface area contributed by atoms with Gasteiger partial charge in [-0.05, 0) is 39.0 Å². The van der Waals surface area contributed by atoms with Crippen LogP contribution in [0.1, 0.15) is 132 Å². The van der Waals surface area contributed by atoms with E-state index in [1.54, 1.807) is 6.92 Å². The summed E-state index contributed by atoms with van der Waals surface area (Å²) in [7, 11) is 0. The molecule has 1 amide bonds. The largest absolute Gasteiger partial charge is 0.350 e. The van der Waals surface area contributed by atoms with Gasteiger partial charge in [0.15, 0.2) is 0 Å². The molecule has 166 valence electrons. The van der Waals surface area contributed by atoms with Gasteiger partial charge in [-0.25, -0.2) is 0 Å². The molecule has 2 bridgehead atoms. The van der Waals surface area contributed by atoms with Crippen LogP contribution in [0.2, 0.25) is 0 Å². The van der Waals surface area contributed by atoms with E-state index in [1.165, 1.54) is 64.2 Å². The fourth-order valence-corrected chi connectivity index (χ4v) is 5.05. The summed E-state index contributed by atoms with van der Waals surface area (Å²) in [5, 5.41) is 3.35. The molecule has 0 aromatic heterocycles. The van der Waals surface area contributed by atoms with Gasteiger partial charge in [0.25, 0.3) is 0 Å². The summed E-state index contributed by atoms with van der Waals surface area (Å²) in [6.45, 7) is 10.2. The van der Waals surface area contributed by atoms with Gasteiger partial charge >= 0.3 is 0 Å². The second kappa shape index (κ2) is 12.6. The molecule has 3 saturated carbocycles. The third-order valence-corrected chi connectivity index (χ3v) is 6.85. The fourth-order valence-electron chi connectivity index (χ4n) is 5.05. The molecule has 3 aliphatic rings. The summed E-state index contributed by atoms with van der Waals surface area (Å²) in [5.74, 6) is 0.768. The zero-order valence-electron chi connectivity index (χ0n) is 19.5. The van der Waals surface area contributed by atoms with Crippen LogP contribution in [0.25, 0.3) is 0 Å². The summed E-state index contributed by atoms with van der Waals surface area (Å²) in [5.41, 5.74) is -0.0886. The smallest absolute Gasteiger partial charge is 0.223 e. The molecule has 28 heavy (non-hydrogen) atoms. The SMILES string of the molecule is CC.CCCCCCCCC(CCCCCC)C(=O)NC12CC(C(C)=O)(C1)C2.[HH]. The number of carbonyl (C=O) groups is 2. The monoisotopic (exact) mass is 395 g/mol. The number of hydrogen-bond acceptors (Lipinski definition) is 2. The van der Waals surface area contributed by atoms with Gasteiger partial charge in [-0.1, -0.05) is 91.9 Å². The van der Waals surface area contributed by atoms with Crippen LogP contribution in [0.5, 0.6) is 0 Å². The Morgan fingerprint density at radius 2 is 1.25 bits per heavy atom. The quantitative estimate of drug-likeness (QED) is 0.297. The summed E-state index contributed by atoms with van der Waals surface area (Å²) in [6.07, 6.45) is 17.4. The maximum absolute atomic E-state index is 12.9. The molecule has 3 fully saturated rings. The van der Waals surface area contributed by atoms with Crippen molar-refractivity contribution in [2.24, 2.45) is 11.3 Å². The molecular weight excluding hydrogens is 346 g/mol. The van der Waals surface area contributed by atoms with E-state index >= 15 is 0 Å². The van der Waals surface area contributed by atoms with E-state index in [-0.39, 0.29) is 24.2 Å². The lowest BCUT2D eigenvalue weighted by molar-refractivity contribution is -0.180. The topological polar surface area (TPSA) is 46.2 Å². The van der Waals surface area contributed by atoms with Gasteiger partial charge < -0.3 is 5.32 Å². The minimum absolute atomic E-state index is 0. The molecule has 1 N–H and O–H groups in total. The Hall–Kier alpha value is -0.860. The molecule has 0 spiro atoms. The first-order chi connectivity index (χ1) is 13.5. The molecule has 3 aliphatic carbocycles. The van der Waals surface area contributed by atoms with E-state index in [0.717, 1.165) is 32.1 Å². The first-order valence-corrected chi connectivity index (χ1v) is 12.3. The highest BCUT2D eigenvalue weighted by Crippen LogP contribution is 2.67. The lowest BCUT2D eigenvalue weighted by Gasteiger charge is -2.69. The van der Waals surface area contributed by atoms with Gasteiger partial charge in [0, 0.05) is 18.3 Å². The van der Waals surface area contributed by atoms with Crippen molar-refractivity contribution in [1.82, 2.24) is 5.32 Å². The van der Waals surface area contributed by atoms with E-state index in [9.17, 15) is 9.59 Å². The maximum Gasteiger partial charge on any atom is 0.223 e. The van der Waals surface area contributed by atoms with Gasteiger partial charge in [-0.15, -0.1) is 0 Å². The number of unbranched alkanes of at least 4 members (excludes halogenated alkanes) is 8. The lowest BCUT2D eigenvalue weighted by atomic mass is 9.38. The van der Waals surface area contributed by atoms with Gasteiger partial charge in [-0.3, -0.25) is 9.59 Å². The normalized spacial score (nSPS) is 25.6. The van der Waals surface area contributed by atoms with E-state index in [1.807, 2.05) is 13.8 Å². The van der Waals surface area contributed by atoms with E-state index in [2.05, 4.69) is 19.2 Å².